The third kappa shape index (κ3) is 4.52. The fourth-order valence-electron chi connectivity index (χ4n) is 4.15. The second-order valence-corrected chi connectivity index (χ2v) is 8.19. The van der Waals surface area contributed by atoms with Crippen molar-refractivity contribution in [2.75, 3.05) is 19.6 Å². The van der Waals surface area contributed by atoms with Crippen molar-refractivity contribution < 1.29 is 18.5 Å². The molecule has 0 spiro atoms. The van der Waals surface area contributed by atoms with E-state index >= 15 is 0 Å². The number of halogens is 1. The summed E-state index contributed by atoms with van der Waals surface area (Å²) in [7, 11) is 0. The largest absolute Gasteiger partial charge is 0.340 e. The smallest absolute Gasteiger partial charge is 0.229 e. The van der Waals surface area contributed by atoms with Crippen molar-refractivity contribution in [2.45, 2.75) is 57.4 Å². The molecule has 2 aliphatic rings. The first-order valence-corrected chi connectivity index (χ1v) is 10.6. The number of rotatable bonds is 7. The second kappa shape index (κ2) is 8.93. The molecule has 0 radical (unpaired) electrons. The molecule has 2 heterocycles. The number of nitrogens with zero attached hydrogens (tertiary/aromatic N) is 4. The lowest BCUT2D eigenvalue weighted by atomic mass is 9.85. The molecule has 4 rings (SSSR count). The Kier molecular flexibility index (Phi) is 6.11. The van der Waals surface area contributed by atoms with Crippen LogP contribution < -0.4 is 0 Å². The number of carbonyl (C=O) groups excluding carboxylic acids is 2. The topological polar surface area (TPSA) is 79.5 Å². The van der Waals surface area contributed by atoms with Crippen LogP contribution >= 0.6 is 0 Å². The number of benzene rings is 1. The Hall–Kier alpha value is -2.77. The molecule has 2 fully saturated rings. The van der Waals surface area contributed by atoms with Gasteiger partial charge in [-0.15, -0.1) is 0 Å². The summed E-state index contributed by atoms with van der Waals surface area (Å²) in [5.74, 6) is 1.19. The van der Waals surface area contributed by atoms with E-state index in [-0.39, 0.29) is 30.1 Å². The van der Waals surface area contributed by atoms with E-state index in [1.807, 2.05) is 0 Å². The maximum atomic E-state index is 13.8. The highest BCUT2D eigenvalue weighted by molar-refractivity contribution is 5.79. The number of carbonyl (C=O) groups is 2. The Morgan fingerprint density at radius 3 is 2.77 bits per heavy atom. The predicted octanol–water partition coefficient (Wildman–Crippen LogP) is 2.71. The number of likely N-dealkylation sites (tertiary alicyclic amines) is 1. The first-order valence-electron chi connectivity index (χ1n) is 10.6. The highest BCUT2D eigenvalue weighted by atomic mass is 19.1. The van der Waals surface area contributed by atoms with E-state index in [0.29, 0.717) is 55.7 Å². The van der Waals surface area contributed by atoms with Crippen molar-refractivity contribution in [1.29, 1.82) is 0 Å². The van der Waals surface area contributed by atoms with E-state index in [2.05, 4.69) is 10.1 Å². The third-order valence-corrected chi connectivity index (χ3v) is 6.18. The Morgan fingerprint density at radius 2 is 2.07 bits per heavy atom. The summed E-state index contributed by atoms with van der Waals surface area (Å²) in [6.07, 6.45) is 4.66. The number of amides is 2. The molecule has 1 aromatic heterocycles. The van der Waals surface area contributed by atoms with E-state index in [0.717, 1.165) is 12.8 Å². The minimum Gasteiger partial charge on any atom is -0.340 e. The van der Waals surface area contributed by atoms with Crippen molar-refractivity contribution in [3.05, 3.63) is 47.4 Å². The normalized spacial score (nSPS) is 19.0. The van der Waals surface area contributed by atoms with E-state index in [9.17, 15) is 14.0 Å². The van der Waals surface area contributed by atoms with E-state index in [1.165, 1.54) is 12.5 Å². The van der Waals surface area contributed by atoms with Crippen LogP contribution in [0.4, 0.5) is 4.39 Å². The molecule has 0 bridgehead atoms. The maximum absolute atomic E-state index is 13.8. The summed E-state index contributed by atoms with van der Waals surface area (Å²) < 4.78 is 19.2. The average molecular weight is 414 g/mol. The molecular weight excluding hydrogens is 387 g/mol. The Labute approximate surface area is 175 Å². The van der Waals surface area contributed by atoms with Gasteiger partial charge in [-0.25, -0.2) is 4.39 Å². The zero-order valence-electron chi connectivity index (χ0n) is 17.2. The van der Waals surface area contributed by atoms with Gasteiger partial charge in [0.05, 0.1) is 12.5 Å². The summed E-state index contributed by atoms with van der Waals surface area (Å²) >= 11 is 0. The Balaban J connectivity index is 1.32. The van der Waals surface area contributed by atoms with Gasteiger partial charge in [0.25, 0.3) is 0 Å². The van der Waals surface area contributed by atoms with Gasteiger partial charge in [-0.05, 0) is 30.9 Å². The minimum absolute atomic E-state index is 0.0340. The third-order valence-electron chi connectivity index (χ3n) is 6.18. The van der Waals surface area contributed by atoms with E-state index in [4.69, 9.17) is 4.52 Å². The highest BCUT2D eigenvalue weighted by Gasteiger charge is 2.32. The summed E-state index contributed by atoms with van der Waals surface area (Å²) in [4.78, 5) is 32.8. The molecule has 1 saturated heterocycles. The van der Waals surface area contributed by atoms with Crippen molar-refractivity contribution in [1.82, 2.24) is 19.9 Å². The molecule has 1 aromatic carbocycles. The molecular formula is C22H27FN4O3. The fourth-order valence-corrected chi connectivity index (χ4v) is 4.15. The molecule has 160 valence electrons. The first-order chi connectivity index (χ1) is 14.5. The van der Waals surface area contributed by atoms with Gasteiger partial charge in [0.2, 0.25) is 17.7 Å². The molecule has 1 unspecified atom stereocenters. The fraction of sp³-hybridized carbons (Fsp3) is 0.545. The number of aromatic nitrogens is 2. The van der Waals surface area contributed by atoms with Gasteiger partial charge in [0.1, 0.15) is 5.82 Å². The summed E-state index contributed by atoms with van der Waals surface area (Å²) in [5, 5.41) is 4.05. The lowest BCUT2D eigenvalue weighted by molar-refractivity contribution is -0.133. The molecule has 1 aliphatic heterocycles. The van der Waals surface area contributed by atoms with Gasteiger partial charge in [-0.2, -0.15) is 4.98 Å². The van der Waals surface area contributed by atoms with E-state index < -0.39 is 0 Å². The van der Waals surface area contributed by atoms with Crippen LogP contribution in [0.5, 0.6) is 0 Å². The first kappa shape index (κ1) is 20.5. The van der Waals surface area contributed by atoms with Crippen LogP contribution in [-0.2, 0) is 22.4 Å². The molecule has 7 nitrogen and oxygen atoms in total. The van der Waals surface area contributed by atoms with Crippen molar-refractivity contribution in [3.63, 3.8) is 0 Å². The molecule has 1 saturated carbocycles. The monoisotopic (exact) mass is 414 g/mol. The van der Waals surface area contributed by atoms with Crippen LogP contribution in [0, 0.1) is 5.82 Å². The van der Waals surface area contributed by atoms with Gasteiger partial charge in [0.15, 0.2) is 5.82 Å². The zero-order valence-corrected chi connectivity index (χ0v) is 17.2. The standard InChI is InChI=1S/C22H27FN4O3/c1-15(28)27(12-10-20-24-22(30-25-20)16-6-4-7-16)18-9-11-26(14-18)21(29)13-17-5-2-3-8-19(17)23/h2-3,5,8,16,18H,4,6-7,9-14H2,1H3. The maximum Gasteiger partial charge on any atom is 0.229 e. The van der Waals surface area contributed by atoms with Crippen LogP contribution in [0.2, 0.25) is 0 Å². The van der Waals surface area contributed by atoms with Crippen molar-refractivity contribution >= 4 is 11.8 Å². The lowest BCUT2D eigenvalue weighted by Crippen LogP contribution is -2.43. The quantitative estimate of drug-likeness (QED) is 0.696. The van der Waals surface area contributed by atoms with Gasteiger partial charge < -0.3 is 14.3 Å². The summed E-state index contributed by atoms with van der Waals surface area (Å²) in [5.41, 5.74) is 0.397. The lowest BCUT2D eigenvalue weighted by Gasteiger charge is -2.27. The molecule has 1 aliphatic carbocycles. The average Bonchev–Trinajstić information content (AvgIpc) is 3.32. The summed E-state index contributed by atoms with van der Waals surface area (Å²) in [6.45, 7) is 3.06. The predicted molar refractivity (Wildman–Crippen MR) is 107 cm³/mol. The number of hydrogen-bond acceptors (Lipinski definition) is 5. The molecule has 0 N–H and O–H groups in total. The molecule has 1 atom stereocenters. The SMILES string of the molecule is CC(=O)N(CCc1noc(C2CCC2)n1)C1CCN(C(=O)Cc2ccccc2F)C1. The molecule has 2 aromatic rings. The van der Waals surface area contributed by atoms with Crippen LogP contribution in [0.3, 0.4) is 0 Å². The minimum atomic E-state index is -0.367. The van der Waals surface area contributed by atoms with Crippen molar-refractivity contribution in [2.24, 2.45) is 0 Å². The molecule has 8 heteroatoms. The second-order valence-electron chi connectivity index (χ2n) is 8.19. The van der Waals surface area contributed by atoms with Gasteiger partial charge in [0, 0.05) is 38.9 Å². The van der Waals surface area contributed by atoms with Crippen LogP contribution in [0.1, 0.15) is 55.8 Å². The Morgan fingerprint density at radius 1 is 1.27 bits per heavy atom. The van der Waals surface area contributed by atoms with Gasteiger partial charge >= 0.3 is 0 Å². The summed E-state index contributed by atoms with van der Waals surface area (Å²) in [6, 6.07) is 6.28. The van der Waals surface area contributed by atoms with Gasteiger partial charge in [-0.3, -0.25) is 9.59 Å². The zero-order chi connectivity index (χ0) is 21.1. The van der Waals surface area contributed by atoms with Crippen LogP contribution in [0.25, 0.3) is 0 Å². The van der Waals surface area contributed by atoms with Crippen LogP contribution in [0.15, 0.2) is 28.8 Å². The van der Waals surface area contributed by atoms with Crippen LogP contribution in [-0.4, -0.2) is 57.4 Å². The molecule has 30 heavy (non-hydrogen) atoms. The van der Waals surface area contributed by atoms with Gasteiger partial charge in [-0.1, -0.05) is 29.8 Å². The number of hydrogen-bond donors (Lipinski definition) is 0. The Bertz CT molecular complexity index is 911. The highest BCUT2D eigenvalue weighted by Crippen LogP contribution is 2.35. The van der Waals surface area contributed by atoms with E-state index in [1.54, 1.807) is 34.9 Å². The van der Waals surface area contributed by atoms with Crippen molar-refractivity contribution in [3.8, 4) is 0 Å². The molecule has 2 amide bonds.